The maximum atomic E-state index is 8.49. The number of rotatable bonds is 0. The molecule has 1 rings (SSSR count). The molecule has 0 aliphatic heterocycles. The molecule has 0 saturated carbocycles. The van der Waals surface area contributed by atoms with E-state index in [0.717, 1.165) is 10.0 Å². The molecule has 49 valence electrons. The van der Waals surface area contributed by atoms with Gasteiger partial charge in [0, 0.05) is 4.47 Å². The quantitative estimate of drug-likeness (QED) is 0.623. The third-order valence-electron chi connectivity index (χ3n) is 1.09. The molecular weight excluding hydrogens is 190 g/mol. The minimum atomic E-state index is 0.638. The van der Waals surface area contributed by atoms with Gasteiger partial charge in [0.1, 0.15) is 0 Å². The van der Waals surface area contributed by atoms with Crippen molar-refractivity contribution < 1.29 is 0 Å². The van der Waals surface area contributed by atoms with Crippen molar-refractivity contribution in [2.75, 3.05) is 0 Å². The summed E-state index contributed by atoms with van der Waals surface area (Å²) in [6.45, 7) is 3.71. The molecule has 0 heterocycles. The van der Waals surface area contributed by atoms with Gasteiger partial charge < -0.3 is 0 Å². The molecule has 0 aliphatic carbocycles. The zero-order valence-electron chi connectivity index (χ0n) is 5.26. The van der Waals surface area contributed by atoms with Crippen LogP contribution in [0.15, 0.2) is 22.7 Å². The third kappa shape index (κ3) is 1.58. The van der Waals surface area contributed by atoms with Gasteiger partial charge in [0.05, 0.1) is 11.6 Å². The summed E-state index contributed by atoms with van der Waals surface area (Å²) >= 11 is 3.26. The van der Waals surface area contributed by atoms with E-state index in [4.69, 9.17) is 5.26 Å². The molecule has 0 spiro atoms. The van der Waals surface area contributed by atoms with Crippen LogP contribution in [-0.4, -0.2) is 0 Å². The molecule has 0 aromatic heterocycles. The van der Waals surface area contributed by atoms with Gasteiger partial charge in [-0.2, -0.15) is 5.26 Å². The second kappa shape index (κ2) is 2.85. The van der Waals surface area contributed by atoms with Crippen LogP contribution in [0, 0.1) is 18.3 Å². The zero-order chi connectivity index (χ0) is 7.56. The zero-order valence-corrected chi connectivity index (χ0v) is 6.85. The summed E-state index contributed by atoms with van der Waals surface area (Å²) in [7, 11) is 0. The summed E-state index contributed by atoms with van der Waals surface area (Å²) in [6, 6.07) is 7.40. The second-order valence-corrected chi connectivity index (χ2v) is 2.88. The highest BCUT2D eigenvalue weighted by Gasteiger charge is 1.92. The molecule has 1 aromatic rings. The van der Waals surface area contributed by atoms with E-state index in [9.17, 15) is 0 Å². The minimum absolute atomic E-state index is 0.638. The Kier molecular flexibility index (Phi) is 2.08. The highest BCUT2D eigenvalue weighted by Crippen LogP contribution is 2.13. The van der Waals surface area contributed by atoms with Crippen LogP contribution < -0.4 is 0 Å². The highest BCUT2D eigenvalue weighted by molar-refractivity contribution is 9.10. The molecule has 2 heteroatoms. The van der Waals surface area contributed by atoms with E-state index in [1.165, 1.54) is 0 Å². The summed E-state index contributed by atoms with van der Waals surface area (Å²) in [4.78, 5) is 0. The largest absolute Gasteiger partial charge is 0.192 e. The Morgan fingerprint density at radius 2 is 2.10 bits per heavy atom. The van der Waals surface area contributed by atoms with Crippen LogP contribution in [0.5, 0.6) is 0 Å². The maximum Gasteiger partial charge on any atom is 0.0992 e. The van der Waals surface area contributed by atoms with Crippen LogP contribution in [0.2, 0.25) is 0 Å². The van der Waals surface area contributed by atoms with Crippen molar-refractivity contribution in [2.45, 2.75) is 0 Å². The monoisotopic (exact) mass is 194 g/mol. The minimum Gasteiger partial charge on any atom is -0.192 e. The van der Waals surface area contributed by atoms with Gasteiger partial charge in [0.2, 0.25) is 0 Å². The van der Waals surface area contributed by atoms with Gasteiger partial charge in [-0.15, -0.1) is 0 Å². The van der Waals surface area contributed by atoms with Crippen molar-refractivity contribution in [1.82, 2.24) is 0 Å². The van der Waals surface area contributed by atoms with E-state index in [2.05, 4.69) is 22.9 Å². The molecule has 0 bridgehead atoms. The first-order chi connectivity index (χ1) is 4.72. The lowest BCUT2D eigenvalue weighted by atomic mass is 10.2. The van der Waals surface area contributed by atoms with Gasteiger partial charge in [0.25, 0.3) is 0 Å². The number of benzene rings is 1. The number of hydrogen-bond acceptors (Lipinski definition) is 1. The van der Waals surface area contributed by atoms with Gasteiger partial charge in [-0.25, -0.2) is 0 Å². The van der Waals surface area contributed by atoms with Crippen LogP contribution >= 0.6 is 15.9 Å². The van der Waals surface area contributed by atoms with Gasteiger partial charge in [-0.05, 0) is 30.7 Å². The molecule has 0 saturated heterocycles. The van der Waals surface area contributed by atoms with E-state index in [0.29, 0.717) is 5.56 Å². The molecule has 0 aliphatic rings. The van der Waals surface area contributed by atoms with E-state index >= 15 is 0 Å². The Morgan fingerprint density at radius 1 is 1.40 bits per heavy atom. The summed E-state index contributed by atoms with van der Waals surface area (Å²) in [5.74, 6) is 0. The van der Waals surface area contributed by atoms with Crippen LogP contribution in [0.3, 0.4) is 0 Å². The first-order valence-corrected chi connectivity index (χ1v) is 3.54. The average molecular weight is 195 g/mol. The number of nitriles is 1. The van der Waals surface area contributed by atoms with Crippen LogP contribution in [0.4, 0.5) is 0 Å². The van der Waals surface area contributed by atoms with Crippen LogP contribution in [0.1, 0.15) is 11.1 Å². The SMILES string of the molecule is [CH2]c1cc(Br)cc(C#N)c1. The smallest absolute Gasteiger partial charge is 0.0992 e. The van der Waals surface area contributed by atoms with Crippen molar-refractivity contribution in [2.24, 2.45) is 0 Å². The molecule has 0 unspecified atom stereocenters. The Balaban J connectivity index is 3.22. The Bertz CT molecular complexity index is 266. The molecule has 10 heavy (non-hydrogen) atoms. The molecule has 0 amide bonds. The highest BCUT2D eigenvalue weighted by atomic mass is 79.9. The normalized spacial score (nSPS) is 8.90. The van der Waals surface area contributed by atoms with Crippen LogP contribution in [0.25, 0.3) is 0 Å². The summed E-state index contributed by atoms with van der Waals surface area (Å²) < 4.78 is 0.900. The van der Waals surface area contributed by atoms with Gasteiger partial charge in [0.15, 0.2) is 0 Å². The number of nitrogens with zero attached hydrogens (tertiary/aromatic N) is 1. The Labute approximate surface area is 68.4 Å². The van der Waals surface area contributed by atoms with E-state index in [-0.39, 0.29) is 0 Å². The molecular formula is C8H5BrN. The fourth-order valence-electron chi connectivity index (χ4n) is 0.715. The topological polar surface area (TPSA) is 23.8 Å². The average Bonchev–Trinajstić information content (AvgIpc) is 1.85. The summed E-state index contributed by atoms with van der Waals surface area (Å²) in [6.07, 6.45) is 0. The van der Waals surface area contributed by atoms with Crippen LogP contribution in [-0.2, 0) is 0 Å². The second-order valence-electron chi connectivity index (χ2n) is 1.96. The molecule has 0 atom stereocenters. The van der Waals surface area contributed by atoms with Crippen molar-refractivity contribution >= 4 is 15.9 Å². The van der Waals surface area contributed by atoms with Gasteiger partial charge in [-0.3, -0.25) is 0 Å². The van der Waals surface area contributed by atoms with Crippen molar-refractivity contribution in [3.8, 4) is 6.07 Å². The summed E-state index contributed by atoms with van der Waals surface area (Å²) in [5.41, 5.74) is 1.49. The predicted molar refractivity (Wildman–Crippen MR) is 43.3 cm³/mol. The fraction of sp³-hybridized carbons (Fsp3) is 0. The number of hydrogen-bond donors (Lipinski definition) is 0. The van der Waals surface area contributed by atoms with Crippen molar-refractivity contribution in [3.05, 3.63) is 40.7 Å². The maximum absolute atomic E-state index is 8.49. The number of halogens is 1. The van der Waals surface area contributed by atoms with E-state index in [1.807, 2.05) is 12.1 Å². The van der Waals surface area contributed by atoms with Gasteiger partial charge in [-0.1, -0.05) is 15.9 Å². The van der Waals surface area contributed by atoms with Crippen molar-refractivity contribution in [3.63, 3.8) is 0 Å². The van der Waals surface area contributed by atoms with E-state index in [1.54, 1.807) is 12.1 Å². The predicted octanol–water partition coefficient (Wildman–Crippen LogP) is 2.50. The third-order valence-corrected chi connectivity index (χ3v) is 1.54. The molecule has 1 radical (unpaired) electrons. The fourth-order valence-corrected chi connectivity index (χ4v) is 1.26. The van der Waals surface area contributed by atoms with Gasteiger partial charge >= 0.3 is 0 Å². The Hall–Kier alpha value is -0.810. The lowest BCUT2D eigenvalue weighted by Gasteiger charge is -1.93. The lowest BCUT2D eigenvalue weighted by Crippen LogP contribution is -1.76. The summed E-state index contributed by atoms with van der Waals surface area (Å²) in [5, 5.41) is 8.49. The molecule has 1 nitrogen and oxygen atoms in total. The molecule has 1 aromatic carbocycles. The molecule has 0 fully saturated rings. The standard InChI is InChI=1S/C8H5BrN/c1-6-2-7(5-10)4-8(9)3-6/h2-4H,1H2. The first kappa shape index (κ1) is 7.30. The van der Waals surface area contributed by atoms with Crippen molar-refractivity contribution in [1.29, 1.82) is 5.26 Å². The molecule has 0 N–H and O–H groups in total. The first-order valence-electron chi connectivity index (χ1n) is 2.75. The lowest BCUT2D eigenvalue weighted by molar-refractivity contribution is 1.46. The van der Waals surface area contributed by atoms with E-state index < -0.39 is 0 Å². The Morgan fingerprint density at radius 3 is 2.60 bits per heavy atom.